The van der Waals surface area contributed by atoms with Crippen LogP contribution in [0.2, 0.25) is 0 Å². The van der Waals surface area contributed by atoms with Gasteiger partial charge >= 0.3 is 0 Å². The molecule has 0 spiro atoms. The van der Waals surface area contributed by atoms with Crippen molar-refractivity contribution in [3.63, 3.8) is 0 Å². The summed E-state index contributed by atoms with van der Waals surface area (Å²) in [5, 5.41) is 0. The van der Waals surface area contributed by atoms with Gasteiger partial charge in [0.05, 0.1) is 22.5 Å². The summed E-state index contributed by atoms with van der Waals surface area (Å²) in [7, 11) is 2.02. The van der Waals surface area contributed by atoms with Crippen molar-refractivity contribution in [1.82, 2.24) is 9.88 Å². The molecule has 130 valence electrons. The van der Waals surface area contributed by atoms with Crippen molar-refractivity contribution in [2.24, 2.45) is 4.99 Å². The molecule has 5 nitrogen and oxygen atoms in total. The van der Waals surface area contributed by atoms with Gasteiger partial charge in [-0.25, -0.2) is 9.98 Å². The van der Waals surface area contributed by atoms with Gasteiger partial charge in [0.2, 0.25) is 5.88 Å². The lowest BCUT2D eigenvalue weighted by atomic mass is 10.3. The molecule has 1 atom stereocenters. The van der Waals surface area contributed by atoms with E-state index in [1.165, 1.54) is 0 Å². The van der Waals surface area contributed by atoms with E-state index < -0.39 is 0 Å². The summed E-state index contributed by atoms with van der Waals surface area (Å²) in [5.74, 6) is 1.54. The van der Waals surface area contributed by atoms with E-state index in [-0.39, 0.29) is 6.10 Å². The second-order valence-corrected chi connectivity index (χ2v) is 6.41. The van der Waals surface area contributed by atoms with Crippen LogP contribution in [0.25, 0.3) is 0 Å². The van der Waals surface area contributed by atoms with Crippen LogP contribution in [0.15, 0.2) is 15.5 Å². The number of aryl methyl sites for hydroxylation is 1. The number of hydrogen-bond acceptors (Lipinski definition) is 4. The van der Waals surface area contributed by atoms with E-state index in [4.69, 9.17) is 9.47 Å². The molecule has 0 aromatic carbocycles. The molecule has 0 aliphatic carbocycles. The molecule has 0 radical (unpaired) electrons. The summed E-state index contributed by atoms with van der Waals surface area (Å²) >= 11 is 3.52. The predicted molar refractivity (Wildman–Crippen MR) is 98.9 cm³/mol. The minimum Gasteiger partial charge on any atom is -0.471 e. The third-order valence-electron chi connectivity index (χ3n) is 3.43. The van der Waals surface area contributed by atoms with E-state index >= 15 is 0 Å². The van der Waals surface area contributed by atoms with Crippen molar-refractivity contribution in [3.8, 4) is 5.88 Å². The summed E-state index contributed by atoms with van der Waals surface area (Å²) in [4.78, 5) is 11.3. The zero-order valence-corrected chi connectivity index (χ0v) is 16.6. The van der Waals surface area contributed by atoms with Crippen molar-refractivity contribution >= 4 is 27.5 Å². The molecule has 0 bridgehead atoms. The molecule has 0 aliphatic rings. The van der Waals surface area contributed by atoms with Crippen LogP contribution in [0.1, 0.15) is 39.8 Å². The fourth-order valence-corrected chi connectivity index (χ4v) is 2.25. The largest absolute Gasteiger partial charge is 0.471 e. The highest BCUT2D eigenvalue weighted by Crippen LogP contribution is 2.30. The second-order valence-electron chi connectivity index (χ2n) is 5.56. The Bertz CT molecular complexity index is 535. The maximum atomic E-state index is 5.86. The molecule has 0 saturated heterocycles. The van der Waals surface area contributed by atoms with Crippen LogP contribution in [0.5, 0.6) is 5.88 Å². The van der Waals surface area contributed by atoms with E-state index in [1.807, 2.05) is 33.9 Å². The van der Waals surface area contributed by atoms with Crippen LogP contribution < -0.4 is 4.74 Å². The minimum absolute atomic E-state index is 0.0490. The number of nitrogens with zero attached hydrogens (tertiary/aromatic N) is 3. The minimum atomic E-state index is -0.0490. The highest BCUT2D eigenvalue weighted by atomic mass is 79.9. The Kier molecular flexibility index (Phi) is 8.55. The van der Waals surface area contributed by atoms with Crippen molar-refractivity contribution in [3.05, 3.63) is 16.2 Å². The maximum Gasteiger partial charge on any atom is 0.228 e. The maximum absolute atomic E-state index is 5.86. The highest BCUT2D eigenvalue weighted by Gasteiger charge is 2.12. The normalized spacial score (nSPS) is 13.1. The first-order valence-corrected chi connectivity index (χ1v) is 8.86. The first-order valence-electron chi connectivity index (χ1n) is 8.06. The quantitative estimate of drug-likeness (QED) is 0.379. The zero-order chi connectivity index (χ0) is 17.4. The van der Waals surface area contributed by atoms with Gasteiger partial charge in [-0.3, -0.25) is 0 Å². The smallest absolute Gasteiger partial charge is 0.228 e. The van der Waals surface area contributed by atoms with Crippen molar-refractivity contribution in [2.45, 2.75) is 47.1 Å². The number of aromatic nitrogens is 1. The van der Waals surface area contributed by atoms with E-state index in [0.29, 0.717) is 12.5 Å². The van der Waals surface area contributed by atoms with Gasteiger partial charge in [0.15, 0.2) is 0 Å². The number of pyridine rings is 1. The molecule has 1 rings (SSSR count). The van der Waals surface area contributed by atoms with Gasteiger partial charge in [0.1, 0.15) is 11.9 Å². The van der Waals surface area contributed by atoms with Crippen LogP contribution in [0.3, 0.4) is 0 Å². The van der Waals surface area contributed by atoms with E-state index in [9.17, 15) is 0 Å². The molecular weight excluding hydrogens is 358 g/mol. The third kappa shape index (κ3) is 6.47. The fraction of sp³-hybridized carbons (Fsp3) is 0.647. The molecule has 1 heterocycles. The predicted octanol–water partition coefficient (Wildman–Crippen LogP) is 4.35. The number of rotatable bonds is 8. The average Bonchev–Trinajstić information content (AvgIpc) is 2.51. The summed E-state index contributed by atoms with van der Waals surface area (Å²) in [5.41, 5.74) is 1.69. The van der Waals surface area contributed by atoms with Crippen molar-refractivity contribution in [1.29, 1.82) is 0 Å². The topological polar surface area (TPSA) is 47.0 Å². The average molecular weight is 386 g/mol. The monoisotopic (exact) mass is 385 g/mol. The Hall–Kier alpha value is -1.14. The molecule has 23 heavy (non-hydrogen) atoms. The lowest BCUT2D eigenvalue weighted by Crippen LogP contribution is -2.23. The molecular formula is C17H28BrN3O2. The Morgan fingerprint density at radius 2 is 2.13 bits per heavy atom. The van der Waals surface area contributed by atoms with Gasteiger partial charge in [-0.1, -0.05) is 6.92 Å². The first-order chi connectivity index (χ1) is 10.9. The Morgan fingerprint density at radius 3 is 2.74 bits per heavy atom. The third-order valence-corrected chi connectivity index (χ3v) is 4.00. The zero-order valence-electron chi connectivity index (χ0n) is 15.0. The fourth-order valence-electron chi connectivity index (χ4n) is 1.85. The van der Waals surface area contributed by atoms with E-state index in [0.717, 1.165) is 41.3 Å². The van der Waals surface area contributed by atoms with Gasteiger partial charge in [0, 0.05) is 20.2 Å². The van der Waals surface area contributed by atoms with Crippen LogP contribution in [0, 0.1) is 6.92 Å². The molecule has 0 amide bonds. The van der Waals surface area contributed by atoms with Crippen molar-refractivity contribution in [2.75, 3.05) is 26.8 Å². The van der Waals surface area contributed by atoms with Crippen LogP contribution in [-0.2, 0) is 4.74 Å². The molecule has 1 aromatic rings. The number of aliphatic imine (C=N–C) groups is 1. The molecule has 0 aliphatic heterocycles. The molecule has 1 aromatic heterocycles. The Morgan fingerprint density at radius 1 is 1.43 bits per heavy atom. The molecule has 0 N–H and O–H groups in total. The number of ether oxygens (including phenoxy) is 2. The highest BCUT2D eigenvalue weighted by molar-refractivity contribution is 9.10. The Labute approximate surface area is 148 Å². The molecule has 0 saturated carbocycles. The van der Waals surface area contributed by atoms with Gasteiger partial charge in [-0.15, -0.1) is 0 Å². The Balaban J connectivity index is 2.85. The van der Waals surface area contributed by atoms with Crippen LogP contribution in [0.4, 0.5) is 5.69 Å². The first kappa shape index (κ1) is 19.9. The van der Waals surface area contributed by atoms with Gasteiger partial charge in [-0.05, 0) is 56.1 Å². The summed E-state index contributed by atoms with van der Waals surface area (Å²) in [6, 6.07) is 1.95. The van der Waals surface area contributed by atoms with Crippen LogP contribution >= 0.6 is 15.9 Å². The standard InChI is InChI=1S/C17H28BrN3O2/c1-7-9-22-11-12(3)23-17-15(18)10-16(13(4)19-17)20-14(5)21(6)8-2/h10,12H,7-9,11H2,1-6H3. The van der Waals surface area contributed by atoms with Crippen LogP contribution in [-0.4, -0.2) is 48.6 Å². The molecule has 6 heteroatoms. The molecule has 0 fully saturated rings. The van der Waals surface area contributed by atoms with Gasteiger partial charge < -0.3 is 14.4 Å². The lowest BCUT2D eigenvalue weighted by Gasteiger charge is -2.18. The number of hydrogen-bond donors (Lipinski definition) is 0. The number of halogens is 1. The van der Waals surface area contributed by atoms with Gasteiger partial charge in [-0.2, -0.15) is 0 Å². The van der Waals surface area contributed by atoms with E-state index in [1.54, 1.807) is 0 Å². The summed E-state index contributed by atoms with van der Waals surface area (Å²) in [6.45, 7) is 12.3. The molecule has 1 unspecified atom stereocenters. The number of amidine groups is 1. The van der Waals surface area contributed by atoms with Gasteiger partial charge in [0.25, 0.3) is 0 Å². The van der Waals surface area contributed by atoms with E-state index in [2.05, 4.69) is 44.7 Å². The van der Waals surface area contributed by atoms with Crippen molar-refractivity contribution < 1.29 is 9.47 Å². The lowest BCUT2D eigenvalue weighted by molar-refractivity contribution is 0.0563. The SMILES string of the molecule is CCCOCC(C)Oc1nc(C)c(N=C(C)N(C)CC)cc1Br. The summed E-state index contributed by atoms with van der Waals surface area (Å²) in [6.07, 6.45) is 0.957. The summed E-state index contributed by atoms with van der Waals surface area (Å²) < 4.78 is 12.2. The second kappa shape index (κ2) is 9.88.